The lowest BCUT2D eigenvalue weighted by Gasteiger charge is -2.32. The zero-order chi connectivity index (χ0) is 21.0. The molecule has 0 unspecified atom stereocenters. The van der Waals surface area contributed by atoms with Gasteiger partial charge in [-0.05, 0) is 49.6 Å². The Hall–Kier alpha value is -2.58. The summed E-state index contributed by atoms with van der Waals surface area (Å²) >= 11 is 0. The van der Waals surface area contributed by atoms with Crippen molar-refractivity contribution in [2.24, 2.45) is 5.92 Å². The largest absolute Gasteiger partial charge is 0.341 e. The number of aromatic nitrogens is 1. The predicted octanol–water partition coefficient (Wildman–Crippen LogP) is 2.34. The molecule has 7 nitrogen and oxygen atoms in total. The number of sulfonamides is 1. The highest BCUT2D eigenvalue weighted by atomic mass is 32.2. The third-order valence-electron chi connectivity index (χ3n) is 5.25. The van der Waals surface area contributed by atoms with Crippen molar-refractivity contribution in [1.82, 2.24) is 14.2 Å². The molecular formula is C21H25N3O4S. The third-order valence-corrected chi connectivity index (χ3v) is 7.16. The van der Waals surface area contributed by atoms with Gasteiger partial charge in [0.25, 0.3) is 0 Å². The Morgan fingerprint density at radius 3 is 2.21 bits per heavy atom. The topological polar surface area (TPSA) is 87.7 Å². The molecule has 1 aromatic carbocycles. The quantitative estimate of drug-likeness (QED) is 0.676. The summed E-state index contributed by atoms with van der Waals surface area (Å²) in [5, 5.41) is 0. The van der Waals surface area contributed by atoms with Crippen LogP contribution in [0.15, 0.2) is 53.7 Å². The fourth-order valence-electron chi connectivity index (χ4n) is 3.51. The zero-order valence-corrected chi connectivity index (χ0v) is 17.4. The number of hydrogen-bond donors (Lipinski definition) is 0. The maximum atomic E-state index is 12.9. The standard InChI is InChI=1S/C21H25N3O4S/c1-16(25)18-3-5-20(6-4-18)29(27,28)24-13-9-19(10-14-24)21(26)23(2)15-17-7-11-22-12-8-17/h3-8,11-12,19H,9-10,13-15H2,1-2H3. The number of carbonyl (C=O) groups excluding carboxylic acids is 2. The van der Waals surface area contributed by atoms with E-state index < -0.39 is 10.0 Å². The number of rotatable bonds is 6. The number of benzene rings is 1. The van der Waals surface area contributed by atoms with E-state index in [2.05, 4.69) is 4.98 Å². The van der Waals surface area contributed by atoms with Crippen LogP contribution in [-0.4, -0.2) is 54.4 Å². The van der Waals surface area contributed by atoms with Crippen LogP contribution in [-0.2, 0) is 21.4 Å². The lowest BCUT2D eigenvalue weighted by atomic mass is 9.96. The van der Waals surface area contributed by atoms with Crippen LogP contribution in [0, 0.1) is 5.92 Å². The summed E-state index contributed by atoms with van der Waals surface area (Å²) in [5.74, 6) is -0.262. The number of ketones is 1. The van der Waals surface area contributed by atoms with Crippen LogP contribution < -0.4 is 0 Å². The SMILES string of the molecule is CC(=O)c1ccc(S(=O)(=O)N2CCC(C(=O)N(C)Cc3ccncc3)CC2)cc1. The van der Waals surface area contributed by atoms with Crippen molar-refractivity contribution in [3.05, 3.63) is 59.9 Å². The van der Waals surface area contributed by atoms with Crippen molar-refractivity contribution < 1.29 is 18.0 Å². The number of pyridine rings is 1. The minimum atomic E-state index is -3.63. The maximum Gasteiger partial charge on any atom is 0.243 e. The van der Waals surface area contributed by atoms with Crippen molar-refractivity contribution >= 4 is 21.7 Å². The van der Waals surface area contributed by atoms with E-state index in [4.69, 9.17) is 0 Å². The first kappa shape index (κ1) is 21.1. The van der Waals surface area contributed by atoms with Crippen LogP contribution in [0.2, 0.25) is 0 Å². The zero-order valence-electron chi connectivity index (χ0n) is 16.6. The Morgan fingerprint density at radius 1 is 1.07 bits per heavy atom. The van der Waals surface area contributed by atoms with E-state index in [1.165, 1.54) is 35.5 Å². The number of carbonyl (C=O) groups is 2. The highest BCUT2D eigenvalue weighted by molar-refractivity contribution is 7.89. The molecule has 0 aliphatic carbocycles. The van der Waals surface area contributed by atoms with Gasteiger partial charge >= 0.3 is 0 Å². The van der Waals surface area contributed by atoms with Gasteiger partial charge in [-0.25, -0.2) is 8.42 Å². The van der Waals surface area contributed by atoms with Crippen LogP contribution in [0.25, 0.3) is 0 Å². The van der Waals surface area contributed by atoms with E-state index in [9.17, 15) is 18.0 Å². The van der Waals surface area contributed by atoms with Crippen molar-refractivity contribution in [3.63, 3.8) is 0 Å². The molecule has 3 rings (SSSR count). The van der Waals surface area contributed by atoms with E-state index >= 15 is 0 Å². The van der Waals surface area contributed by atoms with Gasteiger partial charge in [-0.3, -0.25) is 14.6 Å². The average Bonchev–Trinajstić information content (AvgIpc) is 2.74. The highest BCUT2D eigenvalue weighted by Crippen LogP contribution is 2.25. The minimum absolute atomic E-state index is 0.0321. The molecule has 0 atom stereocenters. The van der Waals surface area contributed by atoms with Crippen LogP contribution in [0.3, 0.4) is 0 Å². The lowest BCUT2D eigenvalue weighted by Crippen LogP contribution is -2.43. The molecule has 1 amide bonds. The molecule has 154 valence electrons. The second kappa shape index (κ2) is 8.84. The maximum absolute atomic E-state index is 12.9. The molecule has 29 heavy (non-hydrogen) atoms. The number of Topliss-reactive ketones (excluding diaryl/α,β-unsaturated/α-hetero) is 1. The summed E-state index contributed by atoms with van der Waals surface area (Å²) in [5.41, 5.74) is 1.48. The molecule has 1 aliphatic heterocycles. The van der Waals surface area contributed by atoms with Crippen LogP contribution in [0.5, 0.6) is 0 Å². The third kappa shape index (κ3) is 4.89. The number of amides is 1. The van der Waals surface area contributed by atoms with Gasteiger partial charge in [-0.1, -0.05) is 12.1 Å². The highest BCUT2D eigenvalue weighted by Gasteiger charge is 2.33. The summed E-state index contributed by atoms with van der Waals surface area (Å²) in [7, 11) is -1.87. The van der Waals surface area contributed by atoms with Gasteiger partial charge in [0.05, 0.1) is 4.90 Å². The molecule has 1 aliphatic rings. The minimum Gasteiger partial charge on any atom is -0.341 e. The Morgan fingerprint density at radius 2 is 1.66 bits per heavy atom. The Bertz CT molecular complexity index is 967. The second-order valence-electron chi connectivity index (χ2n) is 7.31. The van der Waals surface area contributed by atoms with Gasteiger partial charge in [0.2, 0.25) is 15.9 Å². The summed E-state index contributed by atoms with van der Waals surface area (Å²) in [6, 6.07) is 9.73. The summed E-state index contributed by atoms with van der Waals surface area (Å²) < 4.78 is 27.1. The van der Waals surface area contributed by atoms with E-state index in [1.807, 2.05) is 12.1 Å². The smallest absolute Gasteiger partial charge is 0.243 e. The van der Waals surface area contributed by atoms with Gasteiger partial charge in [-0.15, -0.1) is 0 Å². The van der Waals surface area contributed by atoms with E-state index in [0.717, 1.165) is 5.56 Å². The van der Waals surface area contributed by atoms with Crippen molar-refractivity contribution in [2.45, 2.75) is 31.2 Å². The molecular weight excluding hydrogens is 390 g/mol. The van der Waals surface area contributed by atoms with Gasteiger partial charge in [0.1, 0.15) is 0 Å². The molecule has 0 spiro atoms. The Balaban J connectivity index is 1.60. The van der Waals surface area contributed by atoms with Crippen LogP contribution in [0.1, 0.15) is 35.7 Å². The Labute approximate surface area is 171 Å². The molecule has 0 radical (unpaired) electrons. The summed E-state index contributed by atoms with van der Waals surface area (Å²) in [6.45, 7) is 2.55. The van der Waals surface area contributed by atoms with Crippen LogP contribution in [0.4, 0.5) is 0 Å². The molecule has 0 saturated carbocycles. The first-order valence-corrected chi connectivity index (χ1v) is 11.0. The summed E-state index contributed by atoms with van der Waals surface area (Å²) in [4.78, 5) is 29.9. The first-order chi connectivity index (χ1) is 13.8. The first-order valence-electron chi connectivity index (χ1n) is 9.54. The van der Waals surface area contributed by atoms with E-state index in [-0.39, 0.29) is 22.5 Å². The van der Waals surface area contributed by atoms with Crippen molar-refractivity contribution in [3.8, 4) is 0 Å². The number of piperidine rings is 1. The fraction of sp³-hybridized carbons (Fsp3) is 0.381. The van der Waals surface area contributed by atoms with E-state index in [0.29, 0.717) is 38.0 Å². The van der Waals surface area contributed by atoms with Crippen LogP contribution >= 0.6 is 0 Å². The summed E-state index contributed by atoms with van der Waals surface area (Å²) in [6.07, 6.45) is 4.37. The second-order valence-corrected chi connectivity index (χ2v) is 9.25. The van der Waals surface area contributed by atoms with Gasteiger partial charge in [0.15, 0.2) is 5.78 Å². The molecule has 1 aromatic heterocycles. The molecule has 2 heterocycles. The lowest BCUT2D eigenvalue weighted by molar-refractivity contribution is -0.135. The monoisotopic (exact) mass is 415 g/mol. The predicted molar refractivity (Wildman–Crippen MR) is 109 cm³/mol. The van der Waals surface area contributed by atoms with Crippen molar-refractivity contribution in [2.75, 3.05) is 20.1 Å². The van der Waals surface area contributed by atoms with Crippen molar-refractivity contribution in [1.29, 1.82) is 0 Å². The molecule has 1 saturated heterocycles. The average molecular weight is 416 g/mol. The number of hydrogen-bond acceptors (Lipinski definition) is 5. The molecule has 0 N–H and O–H groups in total. The van der Waals surface area contributed by atoms with Gasteiger partial charge in [0, 0.05) is 50.6 Å². The molecule has 2 aromatic rings. The normalized spacial score (nSPS) is 15.8. The molecule has 0 bridgehead atoms. The molecule has 1 fully saturated rings. The number of nitrogens with zero attached hydrogens (tertiary/aromatic N) is 3. The Kier molecular flexibility index (Phi) is 6.44. The van der Waals surface area contributed by atoms with E-state index in [1.54, 1.807) is 24.3 Å². The van der Waals surface area contributed by atoms with Gasteiger partial charge < -0.3 is 4.90 Å². The molecule has 8 heteroatoms. The van der Waals surface area contributed by atoms with Gasteiger partial charge in [-0.2, -0.15) is 4.31 Å². The fourth-order valence-corrected chi connectivity index (χ4v) is 4.98.